The second-order valence-corrected chi connectivity index (χ2v) is 2.88. The maximum atomic E-state index is 8.77. The number of halogens is 1. The summed E-state index contributed by atoms with van der Waals surface area (Å²) in [5, 5.41) is 8.77. The highest BCUT2D eigenvalue weighted by Gasteiger charge is 2.02. The average Bonchev–Trinajstić information content (AvgIpc) is 1.65. The van der Waals surface area contributed by atoms with Crippen LogP contribution in [-0.4, -0.2) is 21.7 Å². The number of aliphatic hydroxyl groups excluding tert-OH is 1. The van der Waals surface area contributed by atoms with Crippen molar-refractivity contribution in [1.82, 2.24) is 0 Å². The van der Waals surface area contributed by atoms with Gasteiger partial charge in [-0.05, 0) is 13.3 Å². The van der Waals surface area contributed by atoms with Crippen molar-refractivity contribution in [2.45, 2.75) is 25.5 Å². The standard InChI is InChI=1S/C5H12INO/c1-4(8)2-5(7)3-6/h4-5,8H,2-3,7H2,1H3. The third-order valence-corrected chi connectivity index (χ3v) is 1.97. The van der Waals surface area contributed by atoms with Crippen molar-refractivity contribution >= 4 is 22.6 Å². The van der Waals surface area contributed by atoms with Crippen LogP contribution in [0.4, 0.5) is 0 Å². The molecule has 2 nitrogen and oxygen atoms in total. The molecule has 0 bridgehead atoms. The minimum Gasteiger partial charge on any atom is -0.393 e. The van der Waals surface area contributed by atoms with Crippen molar-refractivity contribution in [3.8, 4) is 0 Å². The van der Waals surface area contributed by atoms with E-state index in [-0.39, 0.29) is 12.1 Å². The molecule has 0 rings (SSSR count). The SMILES string of the molecule is CC(O)CC(N)CI. The highest BCUT2D eigenvalue weighted by atomic mass is 127. The highest BCUT2D eigenvalue weighted by Crippen LogP contribution is 1.97. The van der Waals surface area contributed by atoms with E-state index in [1.165, 1.54) is 0 Å². The first kappa shape index (κ1) is 8.65. The number of alkyl halides is 1. The van der Waals surface area contributed by atoms with E-state index in [2.05, 4.69) is 22.6 Å². The first-order chi connectivity index (χ1) is 3.66. The summed E-state index contributed by atoms with van der Waals surface area (Å²) >= 11 is 2.21. The predicted molar refractivity (Wildman–Crippen MR) is 43.2 cm³/mol. The van der Waals surface area contributed by atoms with E-state index in [4.69, 9.17) is 10.8 Å². The lowest BCUT2D eigenvalue weighted by molar-refractivity contribution is 0.178. The van der Waals surface area contributed by atoms with Gasteiger partial charge in [0.15, 0.2) is 0 Å². The molecule has 50 valence electrons. The van der Waals surface area contributed by atoms with Crippen LogP contribution in [0, 0.1) is 0 Å². The van der Waals surface area contributed by atoms with Crippen molar-refractivity contribution < 1.29 is 5.11 Å². The van der Waals surface area contributed by atoms with E-state index in [0.29, 0.717) is 6.42 Å². The van der Waals surface area contributed by atoms with Gasteiger partial charge in [-0.25, -0.2) is 0 Å². The lowest BCUT2D eigenvalue weighted by Crippen LogP contribution is -2.25. The number of nitrogens with two attached hydrogens (primary N) is 1. The number of hydrogen-bond acceptors (Lipinski definition) is 2. The Kier molecular flexibility index (Phi) is 4.89. The van der Waals surface area contributed by atoms with Gasteiger partial charge in [-0.1, -0.05) is 22.6 Å². The van der Waals surface area contributed by atoms with Crippen LogP contribution in [-0.2, 0) is 0 Å². The third kappa shape index (κ3) is 4.80. The number of rotatable bonds is 3. The molecule has 0 radical (unpaired) electrons. The van der Waals surface area contributed by atoms with Crippen LogP contribution in [0.3, 0.4) is 0 Å². The topological polar surface area (TPSA) is 46.2 Å². The molecule has 2 unspecified atom stereocenters. The molecule has 0 saturated heterocycles. The van der Waals surface area contributed by atoms with Gasteiger partial charge in [0.2, 0.25) is 0 Å². The summed E-state index contributed by atoms with van der Waals surface area (Å²) in [6.07, 6.45) is 0.461. The van der Waals surface area contributed by atoms with Crippen LogP contribution >= 0.6 is 22.6 Å². The fourth-order valence-corrected chi connectivity index (χ4v) is 0.861. The van der Waals surface area contributed by atoms with Gasteiger partial charge in [-0.15, -0.1) is 0 Å². The van der Waals surface area contributed by atoms with Gasteiger partial charge in [0.25, 0.3) is 0 Å². The summed E-state index contributed by atoms with van der Waals surface area (Å²) in [4.78, 5) is 0. The molecular weight excluding hydrogens is 217 g/mol. The third-order valence-electron chi connectivity index (χ3n) is 0.842. The molecule has 0 aliphatic rings. The van der Waals surface area contributed by atoms with Crippen LogP contribution < -0.4 is 5.73 Å². The van der Waals surface area contributed by atoms with E-state index in [9.17, 15) is 0 Å². The summed E-state index contributed by atoms with van der Waals surface area (Å²) in [5.74, 6) is 0. The number of aliphatic hydroxyl groups is 1. The lowest BCUT2D eigenvalue weighted by Gasteiger charge is -2.08. The fourth-order valence-electron chi connectivity index (χ4n) is 0.501. The molecule has 0 aliphatic carbocycles. The summed E-state index contributed by atoms with van der Waals surface area (Å²) in [5.41, 5.74) is 5.51. The Morgan fingerprint density at radius 3 is 2.38 bits per heavy atom. The molecule has 0 aliphatic heterocycles. The Hall–Kier alpha value is 0.650. The van der Waals surface area contributed by atoms with Crippen LogP contribution in [0.2, 0.25) is 0 Å². The van der Waals surface area contributed by atoms with E-state index in [1.54, 1.807) is 6.92 Å². The molecule has 0 aromatic rings. The second kappa shape index (κ2) is 4.52. The van der Waals surface area contributed by atoms with Crippen molar-refractivity contribution in [1.29, 1.82) is 0 Å². The molecule has 3 heteroatoms. The molecular formula is C5H12INO. The minimum atomic E-state index is -0.250. The van der Waals surface area contributed by atoms with E-state index in [1.807, 2.05) is 0 Å². The maximum Gasteiger partial charge on any atom is 0.0527 e. The molecule has 0 spiro atoms. The maximum absolute atomic E-state index is 8.77. The van der Waals surface area contributed by atoms with Crippen LogP contribution in [0.5, 0.6) is 0 Å². The Morgan fingerprint density at radius 2 is 2.25 bits per heavy atom. The molecule has 0 saturated carbocycles. The first-order valence-corrected chi connectivity index (χ1v) is 4.19. The monoisotopic (exact) mass is 229 g/mol. The Morgan fingerprint density at radius 1 is 1.75 bits per heavy atom. The molecule has 3 N–H and O–H groups in total. The van der Waals surface area contributed by atoms with Crippen molar-refractivity contribution in [2.24, 2.45) is 5.73 Å². The van der Waals surface area contributed by atoms with Crippen LogP contribution in [0.25, 0.3) is 0 Å². The molecule has 2 atom stereocenters. The largest absolute Gasteiger partial charge is 0.393 e. The summed E-state index contributed by atoms with van der Waals surface area (Å²) in [6, 6.07) is 0.163. The van der Waals surface area contributed by atoms with Crippen LogP contribution in [0.15, 0.2) is 0 Å². The van der Waals surface area contributed by atoms with Gasteiger partial charge in [-0.3, -0.25) is 0 Å². The van der Waals surface area contributed by atoms with E-state index in [0.717, 1.165) is 4.43 Å². The van der Waals surface area contributed by atoms with Gasteiger partial charge >= 0.3 is 0 Å². The zero-order valence-electron chi connectivity index (χ0n) is 4.97. The smallest absolute Gasteiger partial charge is 0.0527 e. The average molecular weight is 229 g/mol. The van der Waals surface area contributed by atoms with Gasteiger partial charge in [0.1, 0.15) is 0 Å². The normalized spacial score (nSPS) is 18.0. The van der Waals surface area contributed by atoms with E-state index >= 15 is 0 Å². The predicted octanol–water partition coefficient (Wildman–Crippen LogP) is 0.520. The minimum absolute atomic E-state index is 0.163. The number of hydrogen-bond donors (Lipinski definition) is 2. The Bertz CT molecular complexity index is 58.4. The van der Waals surface area contributed by atoms with Gasteiger partial charge in [-0.2, -0.15) is 0 Å². The highest BCUT2D eigenvalue weighted by molar-refractivity contribution is 14.1. The first-order valence-electron chi connectivity index (χ1n) is 2.66. The molecule has 8 heavy (non-hydrogen) atoms. The molecule has 0 amide bonds. The van der Waals surface area contributed by atoms with Crippen molar-refractivity contribution in [2.75, 3.05) is 4.43 Å². The van der Waals surface area contributed by atoms with Gasteiger partial charge in [0.05, 0.1) is 6.10 Å². The molecule has 0 aromatic heterocycles. The summed E-state index contributed by atoms with van der Waals surface area (Å²) in [6.45, 7) is 1.76. The van der Waals surface area contributed by atoms with Gasteiger partial charge in [0, 0.05) is 10.5 Å². The summed E-state index contributed by atoms with van der Waals surface area (Å²) in [7, 11) is 0. The second-order valence-electron chi connectivity index (χ2n) is 2.00. The molecule has 0 heterocycles. The lowest BCUT2D eigenvalue weighted by atomic mass is 10.2. The summed E-state index contributed by atoms with van der Waals surface area (Å²) < 4.78 is 0.919. The fraction of sp³-hybridized carbons (Fsp3) is 1.00. The van der Waals surface area contributed by atoms with Gasteiger partial charge < -0.3 is 10.8 Å². The van der Waals surface area contributed by atoms with Crippen molar-refractivity contribution in [3.05, 3.63) is 0 Å². The zero-order valence-corrected chi connectivity index (χ0v) is 7.13. The molecule has 0 aromatic carbocycles. The quantitative estimate of drug-likeness (QED) is 0.547. The van der Waals surface area contributed by atoms with Crippen molar-refractivity contribution in [3.63, 3.8) is 0 Å². The Balaban J connectivity index is 3.10. The van der Waals surface area contributed by atoms with E-state index < -0.39 is 0 Å². The Labute approximate surface area is 63.6 Å². The van der Waals surface area contributed by atoms with Crippen LogP contribution in [0.1, 0.15) is 13.3 Å². The molecule has 0 fully saturated rings. The zero-order chi connectivity index (χ0) is 6.57.